The van der Waals surface area contributed by atoms with Crippen molar-refractivity contribution in [2.45, 2.75) is 37.2 Å². The molecule has 0 aliphatic heterocycles. The summed E-state index contributed by atoms with van der Waals surface area (Å²) in [5, 5.41) is 19.4. The quantitative estimate of drug-likeness (QED) is 0.803. The van der Waals surface area contributed by atoms with Crippen molar-refractivity contribution in [3.63, 3.8) is 0 Å². The molecular weight excluding hydrogens is 204 g/mol. The normalized spacial score (nSPS) is 29.9. The van der Waals surface area contributed by atoms with Crippen LogP contribution in [0.1, 0.15) is 37.2 Å². The number of hydrogen-bond acceptors (Lipinski definition) is 2. The van der Waals surface area contributed by atoms with Crippen molar-refractivity contribution in [2.75, 3.05) is 0 Å². The molecule has 2 rings (SSSR count). The third-order valence-electron chi connectivity index (χ3n) is 3.45. The van der Waals surface area contributed by atoms with Crippen molar-refractivity contribution in [1.29, 1.82) is 0 Å². The first-order valence-electron chi connectivity index (χ1n) is 5.65. The van der Waals surface area contributed by atoms with Crippen LogP contribution in [-0.4, -0.2) is 21.8 Å². The van der Waals surface area contributed by atoms with Gasteiger partial charge in [0, 0.05) is 5.92 Å². The number of aliphatic hydroxyl groups is 1. The predicted molar refractivity (Wildman–Crippen MR) is 60.2 cm³/mol. The summed E-state index contributed by atoms with van der Waals surface area (Å²) in [5.74, 6) is -1.37. The zero-order valence-electron chi connectivity index (χ0n) is 9.10. The molecule has 0 aromatic heterocycles. The number of benzene rings is 1. The van der Waals surface area contributed by atoms with Crippen LogP contribution < -0.4 is 0 Å². The summed E-state index contributed by atoms with van der Waals surface area (Å²) < 4.78 is 0. The van der Waals surface area contributed by atoms with Crippen molar-refractivity contribution in [3.8, 4) is 0 Å². The Morgan fingerprint density at radius 2 is 1.94 bits per heavy atom. The van der Waals surface area contributed by atoms with Crippen molar-refractivity contribution in [3.05, 3.63) is 35.9 Å². The fourth-order valence-corrected chi connectivity index (χ4v) is 2.54. The molecular formula is C13H16O3. The number of aliphatic carboxylic acids is 1. The molecule has 1 saturated carbocycles. The van der Waals surface area contributed by atoms with E-state index in [2.05, 4.69) is 0 Å². The fourth-order valence-electron chi connectivity index (χ4n) is 2.54. The maximum Gasteiger partial charge on any atom is 0.336 e. The SMILES string of the molecule is O=C(O)C1(O)CCCCC1c1ccccc1. The van der Waals surface area contributed by atoms with Crippen LogP contribution in [0.3, 0.4) is 0 Å². The van der Waals surface area contributed by atoms with Crippen molar-refractivity contribution in [2.24, 2.45) is 0 Å². The first-order valence-corrected chi connectivity index (χ1v) is 5.65. The predicted octanol–water partition coefficient (Wildman–Crippen LogP) is 2.16. The summed E-state index contributed by atoms with van der Waals surface area (Å²) in [4.78, 5) is 11.2. The van der Waals surface area contributed by atoms with Crippen LogP contribution in [0.4, 0.5) is 0 Å². The molecule has 0 heterocycles. The lowest BCUT2D eigenvalue weighted by Crippen LogP contribution is -2.46. The molecule has 3 heteroatoms. The second-order valence-corrected chi connectivity index (χ2v) is 4.44. The van der Waals surface area contributed by atoms with Gasteiger partial charge in [-0.05, 0) is 24.8 Å². The minimum atomic E-state index is -1.58. The van der Waals surface area contributed by atoms with Gasteiger partial charge in [0.15, 0.2) is 5.60 Å². The molecule has 0 bridgehead atoms. The molecule has 16 heavy (non-hydrogen) atoms. The Kier molecular flexibility index (Phi) is 2.97. The third-order valence-corrected chi connectivity index (χ3v) is 3.45. The van der Waals surface area contributed by atoms with Crippen molar-refractivity contribution >= 4 is 5.97 Å². The molecule has 2 N–H and O–H groups in total. The Balaban J connectivity index is 2.34. The molecule has 2 atom stereocenters. The van der Waals surface area contributed by atoms with E-state index in [9.17, 15) is 15.0 Å². The summed E-state index contributed by atoms with van der Waals surface area (Å²) in [7, 11) is 0. The van der Waals surface area contributed by atoms with E-state index >= 15 is 0 Å². The second kappa shape index (κ2) is 4.26. The van der Waals surface area contributed by atoms with Gasteiger partial charge in [-0.25, -0.2) is 4.79 Å². The largest absolute Gasteiger partial charge is 0.479 e. The fraction of sp³-hybridized carbons (Fsp3) is 0.462. The smallest absolute Gasteiger partial charge is 0.336 e. The topological polar surface area (TPSA) is 57.5 Å². The summed E-state index contributed by atoms with van der Waals surface area (Å²) in [5.41, 5.74) is -0.660. The molecule has 0 spiro atoms. The summed E-state index contributed by atoms with van der Waals surface area (Å²) >= 11 is 0. The Morgan fingerprint density at radius 3 is 2.56 bits per heavy atom. The molecule has 0 radical (unpaired) electrons. The molecule has 0 saturated heterocycles. The minimum Gasteiger partial charge on any atom is -0.479 e. The number of carboxylic acid groups (broad SMARTS) is 1. The Morgan fingerprint density at radius 1 is 1.25 bits per heavy atom. The van der Waals surface area contributed by atoms with Gasteiger partial charge in [0.25, 0.3) is 0 Å². The Bertz CT molecular complexity index is 374. The van der Waals surface area contributed by atoms with Gasteiger partial charge in [0.2, 0.25) is 0 Å². The van der Waals surface area contributed by atoms with Crippen LogP contribution >= 0.6 is 0 Å². The van der Waals surface area contributed by atoms with E-state index in [-0.39, 0.29) is 5.92 Å². The van der Waals surface area contributed by atoms with Crippen LogP contribution in [0.15, 0.2) is 30.3 Å². The van der Waals surface area contributed by atoms with E-state index < -0.39 is 11.6 Å². The van der Waals surface area contributed by atoms with Gasteiger partial charge >= 0.3 is 5.97 Å². The highest BCUT2D eigenvalue weighted by atomic mass is 16.4. The van der Waals surface area contributed by atoms with Gasteiger partial charge in [-0.2, -0.15) is 0 Å². The van der Waals surface area contributed by atoms with Gasteiger partial charge < -0.3 is 10.2 Å². The molecule has 1 fully saturated rings. The van der Waals surface area contributed by atoms with Crippen molar-refractivity contribution in [1.82, 2.24) is 0 Å². The van der Waals surface area contributed by atoms with Crippen LogP contribution in [0.2, 0.25) is 0 Å². The Hall–Kier alpha value is -1.35. The monoisotopic (exact) mass is 220 g/mol. The number of carbonyl (C=O) groups is 1. The van der Waals surface area contributed by atoms with E-state index in [0.29, 0.717) is 6.42 Å². The van der Waals surface area contributed by atoms with Crippen LogP contribution in [0, 0.1) is 0 Å². The summed E-state index contributed by atoms with van der Waals surface area (Å²) in [6.45, 7) is 0. The van der Waals surface area contributed by atoms with E-state index in [1.807, 2.05) is 30.3 Å². The van der Waals surface area contributed by atoms with E-state index in [0.717, 1.165) is 24.8 Å². The molecule has 0 amide bonds. The van der Waals surface area contributed by atoms with Gasteiger partial charge in [0.1, 0.15) is 0 Å². The first kappa shape index (κ1) is 11.1. The minimum absolute atomic E-state index is 0.278. The van der Waals surface area contributed by atoms with Crippen LogP contribution in [-0.2, 0) is 4.79 Å². The average Bonchev–Trinajstić information content (AvgIpc) is 2.30. The highest BCUT2D eigenvalue weighted by molar-refractivity contribution is 5.79. The number of carboxylic acids is 1. The highest BCUT2D eigenvalue weighted by Crippen LogP contribution is 2.40. The Labute approximate surface area is 94.7 Å². The lowest BCUT2D eigenvalue weighted by molar-refractivity contribution is -0.164. The van der Waals surface area contributed by atoms with E-state index in [1.54, 1.807) is 0 Å². The third kappa shape index (κ3) is 1.83. The average molecular weight is 220 g/mol. The highest BCUT2D eigenvalue weighted by Gasteiger charge is 2.46. The van der Waals surface area contributed by atoms with Gasteiger partial charge in [-0.3, -0.25) is 0 Å². The molecule has 3 nitrogen and oxygen atoms in total. The lowest BCUT2D eigenvalue weighted by atomic mass is 9.72. The van der Waals surface area contributed by atoms with Gasteiger partial charge in [0.05, 0.1) is 0 Å². The number of rotatable bonds is 2. The standard InChI is InChI=1S/C13H16O3/c14-12(15)13(16)9-5-4-8-11(13)10-6-2-1-3-7-10/h1-3,6-7,11,16H,4-5,8-9H2,(H,14,15). The van der Waals surface area contributed by atoms with Gasteiger partial charge in [-0.1, -0.05) is 36.8 Å². The molecule has 1 aromatic rings. The molecule has 1 aromatic carbocycles. The lowest BCUT2D eigenvalue weighted by Gasteiger charge is -2.36. The first-order chi connectivity index (χ1) is 7.64. The maximum absolute atomic E-state index is 11.2. The zero-order valence-corrected chi connectivity index (χ0v) is 9.10. The summed E-state index contributed by atoms with van der Waals surface area (Å²) in [6, 6.07) is 9.44. The van der Waals surface area contributed by atoms with Crippen molar-refractivity contribution < 1.29 is 15.0 Å². The van der Waals surface area contributed by atoms with E-state index in [1.165, 1.54) is 0 Å². The zero-order chi connectivity index (χ0) is 11.6. The summed E-state index contributed by atoms with van der Waals surface area (Å²) in [6.07, 6.45) is 2.86. The van der Waals surface area contributed by atoms with Crippen LogP contribution in [0.25, 0.3) is 0 Å². The molecule has 86 valence electrons. The number of hydrogen-bond donors (Lipinski definition) is 2. The second-order valence-electron chi connectivity index (χ2n) is 4.44. The van der Waals surface area contributed by atoms with Crippen LogP contribution in [0.5, 0.6) is 0 Å². The van der Waals surface area contributed by atoms with Gasteiger partial charge in [-0.15, -0.1) is 0 Å². The maximum atomic E-state index is 11.2. The molecule has 1 aliphatic carbocycles. The van der Waals surface area contributed by atoms with E-state index in [4.69, 9.17) is 0 Å². The molecule has 2 unspecified atom stereocenters. The molecule has 1 aliphatic rings.